The van der Waals surface area contributed by atoms with Gasteiger partial charge in [-0.3, -0.25) is 14.3 Å². The van der Waals surface area contributed by atoms with Gasteiger partial charge >= 0.3 is 0 Å². The van der Waals surface area contributed by atoms with Crippen molar-refractivity contribution >= 4 is 17.4 Å². The summed E-state index contributed by atoms with van der Waals surface area (Å²) in [6.45, 7) is 7.89. The summed E-state index contributed by atoms with van der Waals surface area (Å²) in [4.78, 5) is 33.1. The smallest absolute Gasteiger partial charge is 0.284 e. The summed E-state index contributed by atoms with van der Waals surface area (Å²) in [6.07, 6.45) is 3.50. The van der Waals surface area contributed by atoms with Gasteiger partial charge in [0, 0.05) is 25.7 Å². The molecule has 1 saturated heterocycles. The maximum absolute atomic E-state index is 13.3. The number of imidazole rings is 1. The molecule has 1 aromatic carbocycles. The zero-order valence-corrected chi connectivity index (χ0v) is 19.7. The summed E-state index contributed by atoms with van der Waals surface area (Å²) in [5.41, 5.74) is 3.22. The Bertz CT molecular complexity index is 1400. The molecular weight excluding hydrogens is 430 g/mol. The number of nitrogens with zero attached hydrogens (tertiary/aromatic N) is 6. The Hall–Kier alpha value is -3.88. The minimum absolute atomic E-state index is 0.0626. The van der Waals surface area contributed by atoms with Gasteiger partial charge in [0.15, 0.2) is 5.65 Å². The van der Waals surface area contributed by atoms with Gasteiger partial charge in [0.25, 0.3) is 11.5 Å². The lowest BCUT2D eigenvalue weighted by Gasteiger charge is -2.18. The molecule has 0 saturated carbocycles. The van der Waals surface area contributed by atoms with Crippen molar-refractivity contribution in [3.8, 4) is 5.69 Å². The summed E-state index contributed by atoms with van der Waals surface area (Å²) in [7, 11) is 0. The second kappa shape index (κ2) is 8.81. The zero-order valence-electron chi connectivity index (χ0n) is 19.7. The molecule has 1 aliphatic rings. The van der Waals surface area contributed by atoms with E-state index in [0.29, 0.717) is 18.8 Å². The highest BCUT2D eigenvalue weighted by Crippen LogP contribution is 2.20. The number of para-hydroxylation sites is 1. The first-order valence-corrected chi connectivity index (χ1v) is 11.8. The van der Waals surface area contributed by atoms with Crippen LogP contribution in [0.1, 0.15) is 42.0 Å². The fourth-order valence-corrected chi connectivity index (χ4v) is 4.78. The third-order valence-electron chi connectivity index (χ3n) is 6.55. The third-order valence-corrected chi connectivity index (χ3v) is 6.55. The summed E-state index contributed by atoms with van der Waals surface area (Å²) in [5.74, 6) is 0.536. The standard InChI is InChI=1S/C25H29N7O2/c1-4-19-15-26-21-11-12-22(28-31(19)21)29-14-13-18(16-29)27-24(33)23-17(3)30(5-2)32(25(23)34)20-9-7-6-8-10-20/h6-12,15,18H,4-5,13-14,16H2,1-3H3,(H,27,33)/t18-/m0/s1. The number of fused-ring (bicyclic) bond motifs is 1. The van der Waals surface area contributed by atoms with Gasteiger partial charge in [-0.1, -0.05) is 25.1 Å². The Morgan fingerprint density at radius 2 is 1.94 bits per heavy atom. The van der Waals surface area contributed by atoms with E-state index in [0.717, 1.165) is 42.2 Å². The highest BCUT2D eigenvalue weighted by molar-refractivity contribution is 5.95. The van der Waals surface area contributed by atoms with Crippen LogP contribution in [0.5, 0.6) is 0 Å². The summed E-state index contributed by atoms with van der Waals surface area (Å²) in [6, 6.07) is 13.3. The predicted molar refractivity (Wildman–Crippen MR) is 131 cm³/mol. The van der Waals surface area contributed by atoms with Crippen molar-refractivity contribution < 1.29 is 4.79 Å². The lowest BCUT2D eigenvalue weighted by atomic mass is 10.2. The van der Waals surface area contributed by atoms with E-state index < -0.39 is 0 Å². The first kappa shape index (κ1) is 21.9. The minimum Gasteiger partial charge on any atom is -0.353 e. The molecule has 0 aliphatic carbocycles. The predicted octanol–water partition coefficient (Wildman–Crippen LogP) is 2.58. The number of nitrogens with one attached hydrogen (secondary N) is 1. The molecule has 3 aromatic heterocycles. The second-order valence-electron chi connectivity index (χ2n) is 8.60. The van der Waals surface area contributed by atoms with Crippen LogP contribution in [-0.2, 0) is 13.0 Å². The van der Waals surface area contributed by atoms with Gasteiger partial charge in [0.05, 0.1) is 23.3 Å². The van der Waals surface area contributed by atoms with Crippen molar-refractivity contribution in [1.82, 2.24) is 29.3 Å². The highest BCUT2D eigenvalue weighted by atomic mass is 16.2. The van der Waals surface area contributed by atoms with Crippen LogP contribution in [0.15, 0.2) is 53.5 Å². The van der Waals surface area contributed by atoms with Crippen molar-refractivity contribution in [2.24, 2.45) is 0 Å². The van der Waals surface area contributed by atoms with E-state index in [1.54, 1.807) is 4.68 Å². The van der Waals surface area contributed by atoms with Gasteiger partial charge in [0.1, 0.15) is 11.4 Å². The van der Waals surface area contributed by atoms with Crippen molar-refractivity contribution in [1.29, 1.82) is 0 Å². The number of carbonyl (C=O) groups excluding carboxylic acids is 1. The molecule has 176 valence electrons. The SMILES string of the molecule is CCc1cnc2ccc(N3CC[C@H](NC(=O)c4c(C)n(CC)n(-c5ccccc5)c4=O)C3)nn12. The van der Waals surface area contributed by atoms with Crippen LogP contribution >= 0.6 is 0 Å². The van der Waals surface area contributed by atoms with Crippen LogP contribution in [0.3, 0.4) is 0 Å². The minimum atomic E-state index is -0.322. The largest absolute Gasteiger partial charge is 0.353 e. The molecule has 0 bridgehead atoms. The van der Waals surface area contributed by atoms with Gasteiger partial charge in [-0.2, -0.15) is 0 Å². The molecule has 1 fully saturated rings. The molecule has 1 amide bonds. The molecule has 0 radical (unpaired) electrons. The number of hydrogen-bond donors (Lipinski definition) is 1. The molecule has 1 aliphatic heterocycles. The fraction of sp³-hybridized carbons (Fsp3) is 0.360. The van der Waals surface area contributed by atoms with Crippen LogP contribution in [0.2, 0.25) is 0 Å². The Morgan fingerprint density at radius 3 is 2.68 bits per heavy atom. The van der Waals surface area contributed by atoms with Crippen LogP contribution in [0, 0.1) is 6.92 Å². The fourth-order valence-electron chi connectivity index (χ4n) is 4.78. The quantitative estimate of drug-likeness (QED) is 0.479. The Labute approximate surface area is 197 Å². The van der Waals surface area contributed by atoms with Crippen LogP contribution in [-0.4, -0.2) is 49.0 Å². The van der Waals surface area contributed by atoms with E-state index in [1.807, 2.05) is 71.7 Å². The van der Waals surface area contributed by atoms with Gasteiger partial charge in [-0.05, 0) is 51.0 Å². The zero-order chi connectivity index (χ0) is 23.8. The van der Waals surface area contributed by atoms with Gasteiger partial charge in [-0.15, -0.1) is 5.10 Å². The average Bonchev–Trinajstić information content (AvgIpc) is 3.54. The molecule has 9 heteroatoms. The normalized spacial score (nSPS) is 15.9. The molecule has 4 aromatic rings. The summed E-state index contributed by atoms with van der Waals surface area (Å²) in [5, 5.41) is 7.85. The number of benzene rings is 1. The molecule has 9 nitrogen and oxygen atoms in total. The van der Waals surface area contributed by atoms with E-state index in [9.17, 15) is 9.59 Å². The Kier molecular flexibility index (Phi) is 5.69. The number of aryl methyl sites for hydroxylation is 1. The van der Waals surface area contributed by atoms with Crippen LogP contribution < -0.4 is 15.8 Å². The Balaban J connectivity index is 1.36. The van der Waals surface area contributed by atoms with E-state index in [4.69, 9.17) is 5.10 Å². The number of carbonyl (C=O) groups is 1. The number of anilines is 1. The van der Waals surface area contributed by atoms with Crippen molar-refractivity contribution in [2.75, 3.05) is 18.0 Å². The maximum atomic E-state index is 13.3. The summed E-state index contributed by atoms with van der Waals surface area (Å²) < 4.78 is 5.31. The number of rotatable bonds is 6. The molecule has 1 N–H and O–H groups in total. The number of aromatic nitrogens is 5. The van der Waals surface area contributed by atoms with Crippen LogP contribution in [0.4, 0.5) is 5.82 Å². The van der Waals surface area contributed by atoms with Gasteiger partial charge in [0.2, 0.25) is 0 Å². The molecular formula is C25H29N7O2. The van der Waals surface area contributed by atoms with Gasteiger partial charge in [-0.25, -0.2) is 14.2 Å². The van der Waals surface area contributed by atoms with Crippen molar-refractivity contribution in [3.63, 3.8) is 0 Å². The topological polar surface area (TPSA) is 89.5 Å². The van der Waals surface area contributed by atoms with Crippen molar-refractivity contribution in [3.05, 3.63) is 76.0 Å². The second-order valence-corrected chi connectivity index (χ2v) is 8.60. The molecule has 5 rings (SSSR count). The monoisotopic (exact) mass is 459 g/mol. The highest BCUT2D eigenvalue weighted by Gasteiger charge is 2.29. The van der Waals surface area contributed by atoms with E-state index in [1.165, 1.54) is 0 Å². The van der Waals surface area contributed by atoms with Crippen molar-refractivity contribution in [2.45, 2.75) is 46.2 Å². The van der Waals surface area contributed by atoms with Gasteiger partial charge < -0.3 is 10.2 Å². The molecule has 4 heterocycles. The molecule has 0 unspecified atom stereocenters. The summed E-state index contributed by atoms with van der Waals surface area (Å²) >= 11 is 0. The number of amides is 1. The Morgan fingerprint density at radius 1 is 1.15 bits per heavy atom. The molecule has 1 atom stereocenters. The first-order chi connectivity index (χ1) is 16.5. The lowest BCUT2D eigenvalue weighted by molar-refractivity contribution is 0.0938. The molecule has 34 heavy (non-hydrogen) atoms. The third kappa shape index (κ3) is 3.67. The maximum Gasteiger partial charge on any atom is 0.284 e. The van der Waals surface area contributed by atoms with E-state index in [2.05, 4.69) is 22.1 Å². The first-order valence-electron chi connectivity index (χ1n) is 11.8. The van der Waals surface area contributed by atoms with E-state index >= 15 is 0 Å². The van der Waals surface area contributed by atoms with E-state index in [-0.39, 0.29) is 23.1 Å². The van der Waals surface area contributed by atoms with Crippen LogP contribution in [0.25, 0.3) is 11.3 Å². The average molecular weight is 460 g/mol. The number of hydrogen-bond acceptors (Lipinski definition) is 5. The lowest BCUT2D eigenvalue weighted by Crippen LogP contribution is -2.39. The molecule has 0 spiro atoms.